The van der Waals surface area contributed by atoms with Crippen molar-refractivity contribution in [3.63, 3.8) is 0 Å². The Kier molecular flexibility index (Phi) is 26.1. The van der Waals surface area contributed by atoms with E-state index in [9.17, 15) is 28.6 Å². The molecule has 4 amide bonds. The highest BCUT2D eigenvalue weighted by Gasteiger charge is 2.55. The van der Waals surface area contributed by atoms with Gasteiger partial charge in [-0.25, -0.2) is 0 Å². The van der Waals surface area contributed by atoms with Crippen LogP contribution in [0.1, 0.15) is 90.9 Å². The lowest BCUT2D eigenvalue weighted by Crippen LogP contribution is -2.59. The molecule has 3 aliphatic rings. The SMILES string of the molecule is C#CCOCCOCCNC(=O)CCC(CCC(=O)NCCOCCOCC#C)(CCC(=O)NCCOCCOCC#C)NC(=O)C12CCC(OP(=O)([O-])C(C)C)(CC1)CC2. The molecule has 1 atom stereocenters. The molecule has 0 heterocycles. The first-order valence-corrected chi connectivity index (χ1v) is 22.8. The van der Waals surface area contributed by atoms with Crippen molar-refractivity contribution >= 4 is 31.2 Å². The molecule has 0 saturated heterocycles. The molecule has 61 heavy (non-hydrogen) atoms. The lowest BCUT2D eigenvalue weighted by molar-refractivity contribution is -0.220. The van der Waals surface area contributed by atoms with E-state index in [-0.39, 0.29) is 121 Å². The van der Waals surface area contributed by atoms with Gasteiger partial charge in [0.05, 0.1) is 65.1 Å². The fourth-order valence-corrected chi connectivity index (χ4v) is 8.13. The number of amides is 4. The highest BCUT2D eigenvalue weighted by Crippen LogP contribution is 2.59. The van der Waals surface area contributed by atoms with E-state index in [1.165, 1.54) is 0 Å². The number of nitrogens with one attached hydrogen (secondary N) is 4. The van der Waals surface area contributed by atoms with Crippen LogP contribution < -0.4 is 26.2 Å². The molecule has 1 unspecified atom stereocenters. The Hall–Kier alpha value is -3.53. The van der Waals surface area contributed by atoms with E-state index in [4.69, 9.17) is 52.2 Å². The van der Waals surface area contributed by atoms with Crippen LogP contribution in [0, 0.1) is 42.4 Å². The van der Waals surface area contributed by atoms with Gasteiger partial charge in [-0.2, -0.15) is 0 Å². The van der Waals surface area contributed by atoms with Crippen molar-refractivity contribution in [2.45, 2.75) is 108 Å². The van der Waals surface area contributed by atoms with E-state index in [2.05, 4.69) is 39.0 Å². The number of hydrogen-bond donors (Lipinski definition) is 4. The molecule has 2 bridgehead atoms. The molecular formula is C43H68N4O13P-. The van der Waals surface area contributed by atoms with Gasteiger partial charge < -0.3 is 63.7 Å². The van der Waals surface area contributed by atoms with Crippen molar-refractivity contribution in [3.05, 3.63) is 0 Å². The maximum absolute atomic E-state index is 14.6. The number of rotatable bonds is 35. The second kappa shape index (κ2) is 29.7. The Bertz CT molecular complexity index is 1390. The summed E-state index contributed by atoms with van der Waals surface area (Å²) >= 11 is 0. The Balaban J connectivity index is 2.20. The molecule has 0 spiro atoms. The number of carbonyl (C=O) groups is 4. The van der Waals surface area contributed by atoms with Crippen molar-refractivity contribution in [3.8, 4) is 37.0 Å². The quantitative estimate of drug-likeness (QED) is 0.0405. The molecule has 0 aromatic rings. The third-order valence-electron chi connectivity index (χ3n) is 10.9. The second-order valence-corrected chi connectivity index (χ2v) is 17.9. The Morgan fingerprint density at radius 3 is 1.28 bits per heavy atom. The maximum atomic E-state index is 14.6. The first kappa shape index (κ1) is 53.6. The van der Waals surface area contributed by atoms with Crippen molar-refractivity contribution in [2.24, 2.45) is 5.41 Å². The van der Waals surface area contributed by atoms with Gasteiger partial charge in [-0.05, 0) is 57.8 Å². The van der Waals surface area contributed by atoms with Crippen LogP contribution in [0.5, 0.6) is 0 Å². The average molecular weight is 880 g/mol. The van der Waals surface area contributed by atoms with Gasteiger partial charge in [0.2, 0.25) is 23.6 Å². The maximum Gasteiger partial charge on any atom is 0.226 e. The molecular weight excluding hydrogens is 811 g/mol. The van der Waals surface area contributed by atoms with Crippen molar-refractivity contribution in [1.82, 2.24) is 21.3 Å². The fraction of sp³-hybridized carbons (Fsp3) is 0.767. The summed E-state index contributed by atoms with van der Waals surface area (Å²) in [4.78, 5) is 67.0. The minimum absolute atomic E-state index is 0.0160. The van der Waals surface area contributed by atoms with E-state index >= 15 is 0 Å². The van der Waals surface area contributed by atoms with Gasteiger partial charge in [-0.3, -0.25) is 19.2 Å². The van der Waals surface area contributed by atoms with Gasteiger partial charge in [0.15, 0.2) is 0 Å². The Labute approximate surface area is 362 Å². The van der Waals surface area contributed by atoms with Crippen molar-refractivity contribution in [1.29, 1.82) is 0 Å². The molecule has 3 aliphatic carbocycles. The number of terminal acetylenes is 3. The minimum Gasteiger partial charge on any atom is -0.778 e. The van der Waals surface area contributed by atoms with Crippen LogP contribution in [-0.2, 0) is 56.7 Å². The lowest BCUT2D eigenvalue weighted by atomic mass is 9.58. The molecule has 0 aliphatic heterocycles. The van der Waals surface area contributed by atoms with Gasteiger partial charge in [-0.15, -0.1) is 19.3 Å². The molecule has 3 saturated carbocycles. The Morgan fingerprint density at radius 2 is 0.951 bits per heavy atom. The normalized spacial score (nSPS) is 19.2. The smallest absolute Gasteiger partial charge is 0.226 e. The van der Waals surface area contributed by atoms with Crippen molar-refractivity contribution < 1.29 is 61.6 Å². The van der Waals surface area contributed by atoms with Crippen molar-refractivity contribution in [2.75, 3.05) is 98.9 Å². The van der Waals surface area contributed by atoms with Gasteiger partial charge >= 0.3 is 0 Å². The molecule has 0 radical (unpaired) electrons. The number of carbonyl (C=O) groups excluding carboxylic acids is 4. The number of ether oxygens (including phenoxy) is 6. The van der Waals surface area contributed by atoms with Gasteiger partial charge in [0.25, 0.3) is 0 Å². The van der Waals surface area contributed by atoms with Crippen LogP contribution in [0.3, 0.4) is 0 Å². The molecule has 3 rings (SSSR count). The van der Waals surface area contributed by atoms with Crippen LogP contribution in [-0.4, -0.2) is 139 Å². The Morgan fingerprint density at radius 1 is 0.607 bits per heavy atom. The highest BCUT2D eigenvalue weighted by atomic mass is 31.2. The third kappa shape index (κ3) is 21.4. The fourth-order valence-electron chi connectivity index (χ4n) is 7.10. The summed E-state index contributed by atoms with van der Waals surface area (Å²) in [7, 11) is -4.10. The van der Waals surface area contributed by atoms with Crippen LogP contribution in [0.25, 0.3) is 0 Å². The van der Waals surface area contributed by atoms with Gasteiger partial charge in [0.1, 0.15) is 27.4 Å². The minimum atomic E-state index is -4.10. The van der Waals surface area contributed by atoms with E-state index in [1.807, 2.05) is 0 Å². The summed E-state index contributed by atoms with van der Waals surface area (Å²) < 4.78 is 50.6. The monoisotopic (exact) mass is 879 g/mol. The van der Waals surface area contributed by atoms with E-state index in [0.29, 0.717) is 78.2 Å². The largest absolute Gasteiger partial charge is 0.778 e. The summed E-state index contributed by atoms with van der Waals surface area (Å²) in [6, 6.07) is 0. The third-order valence-corrected chi connectivity index (χ3v) is 12.8. The number of hydrogen-bond acceptors (Lipinski definition) is 13. The zero-order chi connectivity index (χ0) is 44.9. The average Bonchev–Trinajstić information content (AvgIpc) is 3.24. The van der Waals surface area contributed by atoms with Crippen LogP contribution >= 0.6 is 7.60 Å². The molecule has 3 fully saturated rings. The molecule has 0 aromatic heterocycles. The predicted molar refractivity (Wildman–Crippen MR) is 226 cm³/mol. The molecule has 17 nitrogen and oxygen atoms in total. The van der Waals surface area contributed by atoms with E-state index < -0.39 is 29.8 Å². The van der Waals surface area contributed by atoms with Crippen LogP contribution in [0.4, 0.5) is 0 Å². The van der Waals surface area contributed by atoms with Crippen LogP contribution in [0.2, 0.25) is 0 Å². The summed E-state index contributed by atoms with van der Waals surface area (Å²) in [5, 5.41) is 11.8. The molecule has 18 heteroatoms. The standard InChI is InChI=1S/C43H69N4O13P/c1-6-24-54-30-33-57-27-21-44-37(48)9-12-42(13-10-38(49)45-22-28-58-34-31-55-25-7-2,14-11-39(50)46-23-29-59-35-32-56-26-8-3)47-40(51)41-15-18-43(19-16-41,20-17-41)60-61(52,53)36(4)5/h1-3,36H,9-35H2,4-5H3,(H,44,48)(H,45,49)(H,46,50)(H,47,51)(H,52,53)/p-1. The highest BCUT2D eigenvalue weighted by molar-refractivity contribution is 7.52. The first-order chi connectivity index (χ1) is 29.3. The summed E-state index contributed by atoms with van der Waals surface area (Å²) in [6.07, 6.45) is 18.3. The van der Waals surface area contributed by atoms with Gasteiger partial charge in [-0.1, -0.05) is 31.6 Å². The van der Waals surface area contributed by atoms with Crippen LogP contribution in [0.15, 0.2) is 0 Å². The van der Waals surface area contributed by atoms with E-state index in [0.717, 1.165) is 0 Å². The summed E-state index contributed by atoms with van der Waals surface area (Å²) in [5.41, 5.74) is -3.47. The zero-order valence-electron chi connectivity index (χ0n) is 36.2. The van der Waals surface area contributed by atoms with E-state index in [1.54, 1.807) is 13.8 Å². The topological polar surface area (TPSA) is 221 Å². The molecule has 0 aromatic carbocycles. The number of fused-ring (bicyclic) bond motifs is 3. The summed E-state index contributed by atoms with van der Waals surface area (Å²) in [6.45, 7) is 6.99. The molecule has 344 valence electrons. The zero-order valence-corrected chi connectivity index (χ0v) is 37.1. The predicted octanol–water partition coefficient (Wildman–Crippen LogP) is 1.60. The lowest BCUT2D eigenvalue weighted by Gasteiger charge is -2.54. The van der Waals surface area contributed by atoms with Gasteiger partial charge in [0, 0.05) is 55.5 Å². The second-order valence-electron chi connectivity index (χ2n) is 15.6. The first-order valence-electron chi connectivity index (χ1n) is 21.2. The summed E-state index contributed by atoms with van der Waals surface area (Å²) in [5.74, 6) is 5.98. The molecule has 4 N–H and O–H groups in total.